The Kier molecular flexibility index (Phi) is 4.92. The van der Waals surface area contributed by atoms with E-state index in [1.807, 2.05) is 36.4 Å². The normalized spacial score (nSPS) is 19.3. The molecule has 174 valence electrons. The van der Waals surface area contributed by atoms with E-state index in [0.717, 1.165) is 28.0 Å². The predicted molar refractivity (Wildman–Crippen MR) is 141 cm³/mol. The second-order valence-corrected chi connectivity index (χ2v) is 9.82. The number of nitrogens with one attached hydrogen (secondary N) is 1. The van der Waals surface area contributed by atoms with E-state index in [1.54, 1.807) is 0 Å². The van der Waals surface area contributed by atoms with E-state index in [2.05, 4.69) is 90.8 Å². The van der Waals surface area contributed by atoms with Gasteiger partial charge >= 0.3 is 0 Å². The third kappa shape index (κ3) is 3.32. The average molecular weight is 461 g/mol. The Labute approximate surface area is 205 Å². The highest BCUT2D eigenvalue weighted by atomic mass is 16.5. The summed E-state index contributed by atoms with van der Waals surface area (Å²) >= 11 is 0. The number of rotatable bonds is 4. The molecule has 0 bridgehead atoms. The van der Waals surface area contributed by atoms with Gasteiger partial charge < -0.3 is 15.0 Å². The van der Waals surface area contributed by atoms with Crippen LogP contribution in [0.2, 0.25) is 0 Å². The average Bonchev–Trinajstić information content (AvgIpc) is 3.06. The van der Waals surface area contributed by atoms with Crippen LogP contribution in [0, 0.1) is 0 Å². The zero-order valence-corrected chi connectivity index (χ0v) is 20.0. The zero-order chi connectivity index (χ0) is 24.0. The van der Waals surface area contributed by atoms with Gasteiger partial charge in [-0.1, -0.05) is 78.9 Å². The summed E-state index contributed by atoms with van der Waals surface area (Å²) < 4.78 is 6.92. The predicted octanol–water partition coefficient (Wildman–Crippen LogP) is 6.06. The molecule has 2 aliphatic rings. The molecule has 2 heterocycles. The first-order valence-electron chi connectivity index (χ1n) is 12.1. The number of para-hydroxylation sites is 1. The van der Waals surface area contributed by atoms with Crippen molar-refractivity contribution in [3.63, 3.8) is 0 Å². The summed E-state index contributed by atoms with van der Waals surface area (Å²) in [5.74, 6) is 0.795. The number of anilines is 1. The van der Waals surface area contributed by atoms with Gasteiger partial charge in [0.2, 0.25) is 11.6 Å². The van der Waals surface area contributed by atoms with E-state index < -0.39 is 5.72 Å². The molecule has 4 aromatic carbocycles. The smallest absolute Gasteiger partial charge is 0.239 e. The Hall–Kier alpha value is -4.05. The number of fused-ring (bicyclic) bond motifs is 4. The number of nitrogens with zero attached hydrogens (tertiary/aromatic N) is 1. The van der Waals surface area contributed by atoms with Crippen molar-refractivity contribution in [1.29, 1.82) is 0 Å². The summed E-state index contributed by atoms with van der Waals surface area (Å²) in [6, 6.07) is 30.8. The lowest BCUT2D eigenvalue weighted by molar-refractivity contribution is -0.120. The molecule has 0 saturated carbocycles. The van der Waals surface area contributed by atoms with Crippen LogP contribution in [0.15, 0.2) is 97.1 Å². The van der Waals surface area contributed by atoms with Crippen molar-refractivity contribution in [2.45, 2.75) is 31.5 Å². The minimum absolute atomic E-state index is 0.0398. The number of carbonyl (C=O) groups is 1. The van der Waals surface area contributed by atoms with Crippen molar-refractivity contribution in [2.24, 2.45) is 0 Å². The topological polar surface area (TPSA) is 41.6 Å². The van der Waals surface area contributed by atoms with Gasteiger partial charge in [-0.05, 0) is 60.0 Å². The van der Waals surface area contributed by atoms with Crippen molar-refractivity contribution in [3.05, 3.63) is 114 Å². The van der Waals surface area contributed by atoms with Gasteiger partial charge in [-0.2, -0.15) is 0 Å². The van der Waals surface area contributed by atoms with Crippen LogP contribution < -0.4 is 15.0 Å². The van der Waals surface area contributed by atoms with E-state index in [-0.39, 0.29) is 17.9 Å². The highest BCUT2D eigenvalue weighted by Crippen LogP contribution is 2.55. The van der Waals surface area contributed by atoms with E-state index in [0.29, 0.717) is 6.54 Å². The molecule has 0 radical (unpaired) electrons. The lowest BCUT2D eigenvalue weighted by Crippen LogP contribution is -2.61. The SMILES string of the molecule is CC1(C)c2ccccc2N(CC(=O)NCc2ccccc2)[C@]12C=Cc1c(ccc3ccccc13)O2. The first-order valence-corrected chi connectivity index (χ1v) is 12.1. The summed E-state index contributed by atoms with van der Waals surface area (Å²) in [7, 11) is 0. The highest BCUT2D eigenvalue weighted by molar-refractivity contribution is 5.94. The molecule has 0 aliphatic carbocycles. The van der Waals surface area contributed by atoms with Crippen LogP contribution in [-0.4, -0.2) is 18.2 Å². The number of amides is 1. The standard InChI is InChI=1S/C31H28N2O2/c1-30(2)26-14-8-9-15-27(26)33(21-29(34)32-20-22-10-4-3-5-11-22)31(30)19-18-25-24-13-7-6-12-23(24)16-17-28(25)35-31/h3-19H,20-21H2,1-2H3,(H,32,34)/t31-/m0/s1. The Morgan fingerprint density at radius 2 is 1.63 bits per heavy atom. The van der Waals surface area contributed by atoms with E-state index in [1.165, 1.54) is 10.9 Å². The molecule has 0 unspecified atom stereocenters. The molecule has 4 heteroatoms. The van der Waals surface area contributed by atoms with Crippen LogP contribution in [0.1, 0.15) is 30.5 Å². The molecule has 4 nitrogen and oxygen atoms in total. The maximum atomic E-state index is 13.2. The lowest BCUT2D eigenvalue weighted by atomic mass is 9.76. The number of carbonyl (C=O) groups excluding carboxylic acids is 1. The van der Waals surface area contributed by atoms with Gasteiger partial charge in [-0.3, -0.25) is 4.79 Å². The molecule has 0 aromatic heterocycles. The van der Waals surface area contributed by atoms with Gasteiger partial charge in [0.1, 0.15) is 12.3 Å². The Balaban J connectivity index is 1.38. The summed E-state index contributed by atoms with van der Waals surface area (Å²) in [6.45, 7) is 5.09. The third-order valence-electron chi connectivity index (χ3n) is 7.47. The Bertz CT molecular complexity index is 1460. The fourth-order valence-corrected chi connectivity index (χ4v) is 5.56. The summed E-state index contributed by atoms with van der Waals surface area (Å²) in [5.41, 5.74) is 3.15. The molecule has 1 N–H and O–H groups in total. The molecule has 4 aromatic rings. The largest absolute Gasteiger partial charge is 0.463 e. The van der Waals surface area contributed by atoms with Crippen LogP contribution >= 0.6 is 0 Å². The molecular formula is C31H28N2O2. The van der Waals surface area contributed by atoms with Crippen molar-refractivity contribution in [1.82, 2.24) is 5.32 Å². The van der Waals surface area contributed by atoms with Crippen molar-refractivity contribution < 1.29 is 9.53 Å². The first-order chi connectivity index (χ1) is 17.0. The molecule has 6 rings (SSSR count). The maximum Gasteiger partial charge on any atom is 0.239 e. The molecule has 0 fully saturated rings. The summed E-state index contributed by atoms with van der Waals surface area (Å²) in [6.07, 6.45) is 4.32. The third-order valence-corrected chi connectivity index (χ3v) is 7.47. The fraction of sp³-hybridized carbons (Fsp3) is 0.194. The van der Waals surface area contributed by atoms with Crippen LogP contribution in [0.25, 0.3) is 16.8 Å². The molecule has 2 aliphatic heterocycles. The number of hydrogen-bond acceptors (Lipinski definition) is 3. The number of benzene rings is 4. The van der Waals surface area contributed by atoms with E-state index in [4.69, 9.17) is 4.74 Å². The summed E-state index contributed by atoms with van der Waals surface area (Å²) in [4.78, 5) is 15.3. The Morgan fingerprint density at radius 3 is 2.49 bits per heavy atom. The monoisotopic (exact) mass is 460 g/mol. The first kappa shape index (κ1) is 21.5. The van der Waals surface area contributed by atoms with Gasteiger partial charge in [-0.15, -0.1) is 0 Å². The van der Waals surface area contributed by atoms with Crippen molar-refractivity contribution in [3.8, 4) is 5.75 Å². The second kappa shape index (κ2) is 8.02. The van der Waals surface area contributed by atoms with Gasteiger partial charge in [0.05, 0.1) is 5.41 Å². The highest BCUT2D eigenvalue weighted by Gasteiger charge is 2.59. The minimum atomic E-state index is -0.823. The molecule has 1 amide bonds. The number of ether oxygens (including phenoxy) is 1. The van der Waals surface area contributed by atoms with Crippen LogP contribution in [-0.2, 0) is 16.8 Å². The van der Waals surface area contributed by atoms with Crippen molar-refractivity contribution in [2.75, 3.05) is 11.4 Å². The fourth-order valence-electron chi connectivity index (χ4n) is 5.56. The lowest BCUT2D eigenvalue weighted by Gasteiger charge is -2.47. The van der Waals surface area contributed by atoms with Crippen molar-refractivity contribution >= 4 is 28.4 Å². The van der Waals surface area contributed by atoms with E-state index in [9.17, 15) is 4.79 Å². The molecule has 1 spiro atoms. The van der Waals surface area contributed by atoms with Gasteiger partial charge in [0.15, 0.2) is 0 Å². The van der Waals surface area contributed by atoms with Crippen LogP contribution in [0.5, 0.6) is 5.75 Å². The summed E-state index contributed by atoms with van der Waals surface area (Å²) in [5, 5.41) is 5.43. The maximum absolute atomic E-state index is 13.2. The molecule has 35 heavy (non-hydrogen) atoms. The van der Waals surface area contributed by atoms with E-state index >= 15 is 0 Å². The molecule has 0 saturated heterocycles. The van der Waals surface area contributed by atoms with Gasteiger partial charge in [0.25, 0.3) is 0 Å². The van der Waals surface area contributed by atoms with Crippen LogP contribution in [0.4, 0.5) is 5.69 Å². The van der Waals surface area contributed by atoms with Gasteiger partial charge in [0, 0.05) is 17.8 Å². The van der Waals surface area contributed by atoms with Crippen LogP contribution in [0.3, 0.4) is 0 Å². The molecule has 1 atom stereocenters. The number of hydrogen-bond donors (Lipinski definition) is 1. The Morgan fingerprint density at radius 1 is 0.886 bits per heavy atom. The minimum Gasteiger partial charge on any atom is -0.463 e. The molecular weight excluding hydrogens is 432 g/mol. The second-order valence-electron chi connectivity index (χ2n) is 9.82. The zero-order valence-electron chi connectivity index (χ0n) is 20.0. The quantitative estimate of drug-likeness (QED) is 0.403. The van der Waals surface area contributed by atoms with Gasteiger partial charge in [-0.25, -0.2) is 0 Å².